The Morgan fingerprint density at radius 3 is 2.65 bits per heavy atom. The van der Waals surface area contributed by atoms with Gasteiger partial charge < -0.3 is 5.73 Å². The number of hydrogen-bond acceptors (Lipinski definition) is 5. The number of hydrazine groups is 1. The van der Waals surface area contributed by atoms with Crippen molar-refractivity contribution in [2.24, 2.45) is 17.5 Å². The fraction of sp³-hybridized carbons (Fsp3) is 0.462. The van der Waals surface area contributed by atoms with E-state index < -0.39 is 5.91 Å². The van der Waals surface area contributed by atoms with Crippen molar-refractivity contribution in [3.63, 3.8) is 0 Å². The summed E-state index contributed by atoms with van der Waals surface area (Å²) in [7, 11) is 0. The van der Waals surface area contributed by atoms with Crippen molar-refractivity contribution in [1.82, 2.24) is 15.3 Å². The summed E-state index contributed by atoms with van der Waals surface area (Å²) >= 11 is 0. The summed E-state index contributed by atoms with van der Waals surface area (Å²) in [4.78, 5) is 29.0. The van der Waals surface area contributed by atoms with E-state index in [0.29, 0.717) is 12.2 Å². The van der Waals surface area contributed by atoms with Crippen molar-refractivity contribution in [3.8, 4) is 0 Å². The van der Waals surface area contributed by atoms with Gasteiger partial charge in [0.25, 0.3) is 5.91 Å². The van der Waals surface area contributed by atoms with Crippen LogP contribution in [0.15, 0.2) is 18.2 Å². The van der Waals surface area contributed by atoms with Gasteiger partial charge in [-0.05, 0) is 38.1 Å². The molecule has 2 rings (SSSR count). The lowest BCUT2D eigenvalue weighted by Crippen LogP contribution is -2.38. The Kier molecular flexibility index (Phi) is 4.65. The molecule has 0 unspecified atom stereocenters. The summed E-state index contributed by atoms with van der Waals surface area (Å²) in [5.41, 5.74) is 8.48. The van der Waals surface area contributed by atoms with E-state index in [0.717, 1.165) is 31.6 Å². The normalized spacial score (nSPS) is 16.9. The van der Waals surface area contributed by atoms with Gasteiger partial charge in [0.2, 0.25) is 5.91 Å². The van der Waals surface area contributed by atoms with E-state index >= 15 is 0 Å². The van der Waals surface area contributed by atoms with E-state index in [1.54, 1.807) is 12.1 Å². The lowest BCUT2D eigenvalue weighted by Gasteiger charge is -2.30. The molecule has 2 heterocycles. The molecular weight excluding hydrogens is 258 g/mol. The first-order chi connectivity index (χ1) is 9.60. The van der Waals surface area contributed by atoms with Crippen molar-refractivity contribution in [1.29, 1.82) is 0 Å². The van der Waals surface area contributed by atoms with Crippen LogP contribution in [0.5, 0.6) is 0 Å². The van der Waals surface area contributed by atoms with Gasteiger partial charge in [-0.1, -0.05) is 6.07 Å². The van der Waals surface area contributed by atoms with E-state index in [-0.39, 0.29) is 11.8 Å². The molecule has 0 aliphatic carbocycles. The molecule has 1 saturated heterocycles. The summed E-state index contributed by atoms with van der Waals surface area (Å²) in [5, 5.41) is 0. The fourth-order valence-electron chi connectivity index (χ4n) is 2.37. The van der Waals surface area contributed by atoms with Crippen molar-refractivity contribution >= 4 is 11.8 Å². The van der Waals surface area contributed by atoms with Gasteiger partial charge in [-0.3, -0.25) is 19.9 Å². The van der Waals surface area contributed by atoms with Crippen LogP contribution < -0.4 is 17.0 Å². The quantitative estimate of drug-likeness (QED) is 0.385. The third-order valence-corrected chi connectivity index (χ3v) is 3.55. The second kappa shape index (κ2) is 6.44. The van der Waals surface area contributed by atoms with Gasteiger partial charge in [-0.25, -0.2) is 10.8 Å². The molecule has 0 bridgehead atoms. The maximum atomic E-state index is 11.4. The summed E-state index contributed by atoms with van der Waals surface area (Å²) in [5.74, 6) is 4.45. The molecule has 5 N–H and O–H groups in total. The number of nitrogen functional groups attached to an aromatic ring is 1. The molecule has 1 aliphatic rings. The van der Waals surface area contributed by atoms with E-state index in [1.165, 1.54) is 0 Å². The zero-order valence-electron chi connectivity index (χ0n) is 11.2. The van der Waals surface area contributed by atoms with E-state index in [2.05, 4.69) is 15.3 Å². The zero-order chi connectivity index (χ0) is 14.5. The molecule has 1 aliphatic heterocycles. The topological polar surface area (TPSA) is 114 Å². The molecule has 1 fully saturated rings. The summed E-state index contributed by atoms with van der Waals surface area (Å²) in [6, 6.07) is 5.27. The summed E-state index contributed by atoms with van der Waals surface area (Å²) in [6.45, 7) is 2.27. The molecule has 0 radical (unpaired) electrons. The lowest BCUT2D eigenvalue weighted by molar-refractivity contribution is -0.123. The highest BCUT2D eigenvalue weighted by atomic mass is 16.2. The number of likely N-dealkylation sites (tertiary alicyclic amines) is 1. The fourth-order valence-corrected chi connectivity index (χ4v) is 2.37. The Balaban J connectivity index is 1.94. The highest BCUT2D eigenvalue weighted by molar-refractivity contribution is 5.91. The van der Waals surface area contributed by atoms with Crippen LogP contribution in [0.3, 0.4) is 0 Å². The van der Waals surface area contributed by atoms with Crippen LogP contribution in [0.25, 0.3) is 0 Å². The number of amides is 2. The van der Waals surface area contributed by atoms with Crippen molar-refractivity contribution in [2.75, 3.05) is 13.1 Å². The molecule has 0 saturated carbocycles. The van der Waals surface area contributed by atoms with Gasteiger partial charge in [-0.15, -0.1) is 0 Å². The summed E-state index contributed by atoms with van der Waals surface area (Å²) in [6.07, 6.45) is 1.55. The Morgan fingerprint density at radius 1 is 1.35 bits per heavy atom. The average Bonchev–Trinajstić information content (AvgIpc) is 2.47. The Morgan fingerprint density at radius 2 is 2.05 bits per heavy atom. The number of carbonyl (C=O) groups is 2. The second-order valence-corrected chi connectivity index (χ2v) is 4.94. The number of hydrogen-bond donors (Lipinski definition) is 3. The van der Waals surface area contributed by atoms with Gasteiger partial charge >= 0.3 is 0 Å². The molecule has 108 valence electrons. The predicted octanol–water partition coefficient (Wildman–Crippen LogP) is -0.618. The highest BCUT2D eigenvalue weighted by Gasteiger charge is 2.23. The van der Waals surface area contributed by atoms with E-state index in [1.807, 2.05) is 6.07 Å². The predicted molar refractivity (Wildman–Crippen MR) is 73.1 cm³/mol. The molecule has 0 aromatic carbocycles. The van der Waals surface area contributed by atoms with Gasteiger partial charge in [0.05, 0.1) is 5.69 Å². The monoisotopic (exact) mass is 277 g/mol. The first kappa shape index (κ1) is 14.4. The minimum Gasteiger partial charge on any atom is -0.369 e. The largest absolute Gasteiger partial charge is 0.369 e. The SMILES string of the molecule is NNC(=O)c1cccc(CN2CCC(C(N)=O)CC2)n1. The van der Waals surface area contributed by atoms with Crippen LogP contribution in [-0.4, -0.2) is 34.8 Å². The van der Waals surface area contributed by atoms with Crippen molar-refractivity contribution < 1.29 is 9.59 Å². The maximum Gasteiger partial charge on any atom is 0.283 e. The first-order valence-electron chi connectivity index (χ1n) is 6.58. The Bertz CT molecular complexity index is 497. The third-order valence-electron chi connectivity index (χ3n) is 3.55. The van der Waals surface area contributed by atoms with Crippen LogP contribution in [0.2, 0.25) is 0 Å². The van der Waals surface area contributed by atoms with Crippen LogP contribution in [0.1, 0.15) is 29.0 Å². The second-order valence-electron chi connectivity index (χ2n) is 4.94. The number of nitrogens with two attached hydrogens (primary N) is 2. The molecule has 7 nitrogen and oxygen atoms in total. The smallest absolute Gasteiger partial charge is 0.283 e. The molecule has 7 heteroatoms. The molecule has 1 aromatic heterocycles. The van der Waals surface area contributed by atoms with Gasteiger partial charge in [0.15, 0.2) is 0 Å². The van der Waals surface area contributed by atoms with Crippen LogP contribution in [0, 0.1) is 5.92 Å². The number of primary amides is 1. The third kappa shape index (κ3) is 3.52. The molecule has 0 atom stereocenters. The highest BCUT2D eigenvalue weighted by Crippen LogP contribution is 2.18. The molecular formula is C13H19N5O2. The number of pyridine rings is 1. The van der Waals surface area contributed by atoms with Gasteiger partial charge in [0.1, 0.15) is 5.69 Å². The average molecular weight is 277 g/mol. The number of nitrogens with zero attached hydrogens (tertiary/aromatic N) is 2. The van der Waals surface area contributed by atoms with Crippen LogP contribution in [-0.2, 0) is 11.3 Å². The Labute approximate surface area is 117 Å². The number of piperidine rings is 1. The number of rotatable bonds is 4. The first-order valence-corrected chi connectivity index (χ1v) is 6.58. The zero-order valence-corrected chi connectivity index (χ0v) is 11.2. The van der Waals surface area contributed by atoms with Gasteiger partial charge in [-0.2, -0.15) is 0 Å². The van der Waals surface area contributed by atoms with Gasteiger partial charge in [0, 0.05) is 12.5 Å². The van der Waals surface area contributed by atoms with Crippen molar-refractivity contribution in [3.05, 3.63) is 29.6 Å². The van der Waals surface area contributed by atoms with E-state index in [9.17, 15) is 9.59 Å². The van der Waals surface area contributed by atoms with Crippen molar-refractivity contribution in [2.45, 2.75) is 19.4 Å². The Hall–Kier alpha value is -1.99. The van der Waals surface area contributed by atoms with E-state index in [4.69, 9.17) is 11.6 Å². The van der Waals surface area contributed by atoms with Crippen LogP contribution in [0.4, 0.5) is 0 Å². The standard InChI is InChI=1S/C13H19N5O2/c14-12(19)9-4-6-18(7-5-9)8-10-2-1-3-11(16-10)13(20)17-15/h1-3,9H,4-8,15H2,(H2,14,19)(H,17,20). The lowest BCUT2D eigenvalue weighted by atomic mass is 9.96. The molecule has 20 heavy (non-hydrogen) atoms. The molecule has 0 spiro atoms. The molecule has 2 amide bonds. The minimum absolute atomic E-state index is 0.0199. The number of aromatic nitrogens is 1. The molecule has 1 aromatic rings. The number of nitrogens with one attached hydrogen (secondary N) is 1. The number of carbonyl (C=O) groups excluding carboxylic acids is 2. The maximum absolute atomic E-state index is 11.4. The minimum atomic E-state index is -0.403. The summed E-state index contributed by atoms with van der Waals surface area (Å²) < 4.78 is 0. The van der Waals surface area contributed by atoms with Crippen LogP contribution >= 0.6 is 0 Å².